The van der Waals surface area contributed by atoms with Crippen molar-refractivity contribution < 1.29 is 0 Å². The molecule has 0 radical (unpaired) electrons. The number of halogens is 11. The first-order valence-corrected chi connectivity index (χ1v) is 9.85. The van der Waals surface area contributed by atoms with E-state index < -0.39 is 48.7 Å². The third kappa shape index (κ3) is 0.721. The molecule has 6 fully saturated rings. The van der Waals surface area contributed by atoms with Crippen LogP contribution in [-0.4, -0.2) is 42.8 Å². The van der Waals surface area contributed by atoms with E-state index >= 15 is 0 Å². The van der Waals surface area contributed by atoms with Crippen molar-refractivity contribution in [3.05, 3.63) is 0 Å². The van der Waals surface area contributed by atoms with Crippen molar-refractivity contribution in [1.82, 2.24) is 0 Å². The van der Waals surface area contributed by atoms with Crippen molar-refractivity contribution >= 4 is 128 Å². The Morgan fingerprint density at radius 3 is 1.05 bits per heavy atom. The summed E-state index contributed by atoms with van der Waals surface area (Å²) in [5.41, 5.74) is 0. The molecule has 0 spiro atoms. The van der Waals surface area contributed by atoms with Crippen LogP contribution in [0.2, 0.25) is 0 Å². The summed E-state index contributed by atoms with van der Waals surface area (Å²) in [7, 11) is 0. The molecule has 0 amide bonds. The van der Waals surface area contributed by atoms with Crippen LogP contribution >= 0.6 is 128 Å². The van der Waals surface area contributed by atoms with Gasteiger partial charge in [-0.1, -0.05) is 46.4 Å². The molecular weight excluding hydrogens is 510 g/mol. The van der Waals surface area contributed by atoms with Crippen LogP contribution < -0.4 is 0 Å². The first kappa shape index (κ1) is 16.4. The lowest BCUT2D eigenvalue weighted by Gasteiger charge is -2.78. The van der Waals surface area contributed by atoms with E-state index in [1.54, 1.807) is 0 Å². The monoisotopic (exact) mass is 506 g/mol. The molecule has 6 saturated carbocycles. The van der Waals surface area contributed by atoms with Crippen LogP contribution in [-0.2, 0) is 0 Å². The minimum Gasteiger partial charge on any atom is -0.115 e. The predicted molar refractivity (Wildman–Crippen MR) is 92.5 cm³/mol. The van der Waals surface area contributed by atoms with E-state index in [0.29, 0.717) is 0 Å². The third-order valence-electron chi connectivity index (χ3n) is 6.40. The molecule has 0 aromatic heterocycles. The summed E-state index contributed by atoms with van der Waals surface area (Å²) in [5, 5.41) is 0. The maximum atomic E-state index is 6.79. The third-order valence-corrected chi connectivity index (χ3v) is 16.0. The molecule has 0 N–H and O–H groups in total. The Kier molecular flexibility index (Phi) is 2.46. The second kappa shape index (κ2) is 3.15. The SMILES string of the molecule is ClC12C3(Cl)[C@@]4(Cl)C(Cl)(Cl)[C@]1(Cl)C1C4(Cl)[C@@]3(Cl)C(Cl)(Cl)[C@@]12Cl. The van der Waals surface area contributed by atoms with Crippen molar-refractivity contribution in [3.63, 3.8) is 0 Å². The molecule has 0 saturated heterocycles. The number of rotatable bonds is 0. The number of hydrogen-bond acceptors (Lipinski definition) is 0. The maximum Gasteiger partial charge on any atom is 0.162 e. The summed E-state index contributed by atoms with van der Waals surface area (Å²) in [6.07, 6.45) is 0. The van der Waals surface area contributed by atoms with Gasteiger partial charge in [-0.25, -0.2) is 0 Å². The molecule has 0 heterocycles. The van der Waals surface area contributed by atoms with Gasteiger partial charge in [0, 0.05) is 5.92 Å². The van der Waals surface area contributed by atoms with Gasteiger partial charge < -0.3 is 0 Å². The molecule has 4 unspecified atom stereocenters. The van der Waals surface area contributed by atoms with Crippen LogP contribution in [0.4, 0.5) is 0 Å². The van der Waals surface area contributed by atoms with E-state index in [9.17, 15) is 0 Å². The van der Waals surface area contributed by atoms with E-state index in [4.69, 9.17) is 128 Å². The number of alkyl halides is 11. The minimum atomic E-state index is -1.75. The topological polar surface area (TPSA) is 0 Å². The average molecular weight is 511 g/mol. The lowest BCUT2D eigenvalue weighted by Crippen LogP contribution is -2.98. The molecule has 6 aliphatic rings. The molecule has 118 valence electrons. The van der Waals surface area contributed by atoms with Gasteiger partial charge in [0.25, 0.3) is 0 Å². The summed E-state index contributed by atoms with van der Waals surface area (Å²) in [6, 6.07) is 0. The largest absolute Gasteiger partial charge is 0.162 e. The molecule has 0 aliphatic heterocycles. The van der Waals surface area contributed by atoms with Crippen molar-refractivity contribution in [2.45, 2.75) is 42.8 Å². The Labute approximate surface area is 174 Å². The summed E-state index contributed by atoms with van der Waals surface area (Å²) in [6.45, 7) is 0. The van der Waals surface area contributed by atoms with Gasteiger partial charge in [-0.05, 0) is 0 Å². The Morgan fingerprint density at radius 2 is 0.714 bits per heavy atom. The van der Waals surface area contributed by atoms with Crippen molar-refractivity contribution in [2.24, 2.45) is 5.92 Å². The zero-order valence-electron chi connectivity index (χ0n) is 9.23. The van der Waals surface area contributed by atoms with Crippen molar-refractivity contribution in [3.8, 4) is 0 Å². The predicted octanol–water partition coefficient (Wildman–Crippen LogP) is 5.86. The Bertz CT molecular complexity index is 628. The van der Waals surface area contributed by atoms with Crippen LogP contribution in [0.1, 0.15) is 0 Å². The first-order valence-electron chi connectivity index (χ1n) is 5.69. The summed E-state index contributed by atoms with van der Waals surface area (Å²) >= 11 is 73.1. The lowest BCUT2D eigenvalue weighted by molar-refractivity contribution is -0.0200. The van der Waals surface area contributed by atoms with E-state index in [-0.39, 0.29) is 0 Å². The van der Waals surface area contributed by atoms with E-state index in [1.807, 2.05) is 0 Å². The molecule has 6 rings (SSSR count). The highest BCUT2D eigenvalue weighted by molar-refractivity contribution is 6.78. The molecule has 0 nitrogen and oxygen atoms in total. The fraction of sp³-hybridized carbons (Fsp3) is 1.00. The summed E-state index contributed by atoms with van der Waals surface area (Å²) in [4.78, 5) is -11.0. The molecule has 4 bridgehead atoms. The Morgan fingerprint density at radius 1 is 0.381 bits per heavy atom. The summed E-state index contributed by atoms with van der Waals surface area (Å²) < 4.78 is -3.50. The van der Waals surface area contributed by atoms with Gasteiger partial charge in [0.15, 0.2) is 8.67 Å². The fourth-order valence-electron chi connectivity index (χ4n) is 5.88. The van der Waals surface area contributed by atoms with Crippen molar-refractivity contribution in [1.29, 1.82) is 0 Å². The van der Waals surface area contributed by atoms with E-state index in [1.165, 1.54) is 0 Å². The quantitative estimate of drug-likeness (QED) is 0.358. The molecular formula is C10HCl11. The van der Waals surface area contributed by atoms with Gasteiger partial charge in [0.05, 0.1) is 4.87 Å². The van der Waals surface area contributed by atoms with Gasteiger partial charge >= 0.3 is 0 Å². The zero-order chi connectivity index (χ0) is 16.1. The molecule has 21 heavy (non-hydrogen) atoms. The second-order valence-electron chi connectivity index (χ2n) is 6.35. The van der Waals surface area contributed by atoms with Crippen LogP contribution in [0, 0.1) is 5.92 Å². The molecule has 0 aromatic rings. The van der Waals surface area contributed by atoms with Gasteiger partial charge in [0.2, 0.25) is 0 Å². The summed E-state index contributed by atoms with van der Waals surface area (Å²) in [5.74, 6) is -0.805. The van der Waals surface area contributed by atoms with Crippen LogP contribution in [0.5, 0.6) is 0 Å². The minimum absolute atomic E-state index is 0.805. The highest BCUT2D eigenvalue weighted by Gasteiger charge is 3.28. The van der Waals surface area contributed by atoms with Crippen molar-refractivity contribution in [2.75, 3.05) is 0 Å². The number of hydrogen-bond donors (Lipinski definition) is 0. The normalized spacial score (nSPS) is 79.9. The van der Waals surface area contributed by atoms with E-state index in [0.717, 1.165) is 0 Å². The molecule has 0 aromatic carbocycles. The van der Waals surface area contributed by atoms with Crippen LogP contribution in [0.3, 0.4) is 0 Å². The van der Waals surface area contributed by atoms with Gasteiger partial charge in [-0.2, -0.15) is 0 Å². The zero-order valence-corrected chi connectivity index (χ0v) is 17.6. The standard InChI is InChI=1S/C10HCl11/c11-2-1-3(12)5(14)4(1,13)10(20,21)7(2,16)8(5,17)6(2,15)9(3,18)19/h1H/t1?,2?,3-,4+,5?,6+,7-,8?. The second-order valence-corrected chi connectivity index (χ2v) is 13.1. The Balaban J connectivity index is 2.03. The first-order chi connectivity index (χ1) is 9.12. The van der Waals surface area contributed by atoms with E-state index in [2.05, 4.69) is 0 Å². The fourth-order valence-corrected chi connectivity index (χ4v) is 14.8. The lowest BCUT2D eigenvalue weighted by atomic mass is 9.42. The highest BCUT2D eigenvalue weighted by Crippen LogP contribution is 3.11. The Hall–Kier alpha value is 3.19. The van der Waals surface area contributed by atoms with Crippen LogP contribution in [0.25, 0.3) is 0 Å². The van der Waals surface area contributed by atoms with Crippen LogP contribution in [0.15, 0.2) is 0 Å². The smallest absolute Gasteiger partial charge is 0.115 e. The molecule has 8 atom stereocenters. The van der Waals surface area contributed by atoms with Gasteiger partial charge in [-0.3, -0.25) is 0 Å². The molecule has 11 heteroatoms. The average Bonchev–Trinajstić information content (AvgIpc) is 2.59. The molecule has 6 aliphatic carbocycles. The van der Waals surface area contributed by atoms with Gasteiger partial charge in [0.1, 0.15) is 29.2 Å². The maximum absolute atomic E-state index is 6.79. The van der Waals surface area contributed by atoms with Gasteiger partial charge in [-0.15, -0.1) is 81.2 Å². The highest BCUT2D eigenvalue weighted by atomic mass is 35.5.